The number of rotatable bonds is 6. The average Bonchev–Trinajstić information content (AvgIpc) is 2.54. The van der Waals surface area contributed by atoms with Crippen molar-refractivity contribution in [1.82, 2.24) is 0 Å². The van der Waals surface area contributed by atoms with Crippen molar-refractivity contribution < 1.29 is 14.3 Å². The summed E-state index contributed by atoms with van der Waals surface area (Å²) in [6.45, 7) is 7.10. The molecule has 1 aliphatic carbocycles. The molecule has 0 spiro atoms. The van der Waals surface area contributed by atoms with Gasteiger partial charge in [0.25, 0.3) is 5.91 Å². The molecule has 1 aliphatic rings. The van der Waals surface area contributed by atoms with Gasteiger partial charge >= 0.3 is 0 Å². The fraction of sp³-hybridized carbons (Fsp3) is 0.632. The summed E-state index contributed by atoms with van der Waals surface area (Å²) in [5.74, 6) is 1.79. The van der Waals surface area contributed by atoms with Crippen molar-refractivity contribution in [2.24, 2.45) is 11.8 Å². The van der Waals surface area contributed by atoms with Crippen molar-refractivity contribution >= 4 is 11.6 Å². The first kappa shape index (κ1) is 17.8. The van der Waals surface area contributed by atoms with Crippen molar-refractivity contribution in [3.63, 3.8) is 0 Å². The monoisotopic (exact) mass is 319 g/mol. The first-order chi connectivity index (χ1) is 10.9. The van der Waals surface area contributed by atoms with E-state index in [1.54, 1.807) is 7.11 Å². The van der Waals surface area contributed by atoms with Gasteiger partial charge < -0.3 is 14.8 Å². The highest BCUT2D eigenvalue weighted by molar-refractivity contribution is 5.97. The summed E-state index contributed by atoms with van der Waals surface area (Å²) in [6.07, 6.45) is 3.77. The topological polar surface area (TPSA) is 47.6 Å². The molecule has 2 atom stereocenters. The third kappa shape index (κ3) is 4.71. The molecule has 4 nitrogen and oxygen atoms in total. The summed E-state index contributed by atoms with van der Waals surface area (Å²) in [5, 5.41) is 3.00. The Hall–Kier alpha value is -1.55. The first-order valence-electron chi connectivity index (χ1n) is 8.54. The SMILES string of the molecule is CO[C@]1(C(=O)Nc2ccc(OCC(C)C)cc2)CCC[C@@H](C)C1. The van der Waals surface area contributed by atoms with Crippen LogP contribution in [-0.4, -0.2) is 25.2 Å². The van der Waals surface area contributed by atoms with Crippen LogP contribution in [-0.2, 0) is 9.53 Å². The molecule has 0 saturated heterocycles. The van der Waals surface area contributed by atoms with E-state index in [0.29, 0.717) is 18.4 Å². The lowest BCUT2D eigenvalue weighted by Crippen LogP contribution is -2.47. The number of carbonyl (C=O) groups excluding carboxylic acids is 1. The number of anilines is 1. The molecule has 1 N–H and O–H groups in total. The predicted octanol–water partition coefficient (Wildman–Crippen LogP) is 4.26. The van der Waals surface area contributed by atoms with Crippen molar-refractivity contribution in [1.29, 1.82) is 0 Å². The van der Waals surface area contributed by atoms with E-state index in [9.17, 15) is 4.79 Å². The van der Waals surface area contributed by atoms with Crippen molar-refractivity contribution in [3.8, 4) is 5.75 Å². The van der Waals surface area contributed by atoms with E-state index >= 15 is 0 Å². The number of hydrogen-bond donors (Lipinski definition) is 1. The summed E-state index contributed by atoms with van der Waals surface area (Å²) in [5.41, 5.74) is 0.0892. The molecular formula is C19H29NO3. The normalized spacial score (nSPS) is 24.5. The lowest BCUT2D eigenvalue weighted by Gasteiger charge is -2.37. The zero-order chi connectivity index (χ0) is 16.9. The molecule has 1 amide bonds. The van der Waals surface area contributed by atoms with Crippen LogP contribution < -0.4 is 10.1 Å². The highest BCUT2D eigenvalue weighted by atomic mass is 16.5. The minimum atomic E-state index is -0.690. The van der Waals surface area contributed by atoms with Gasteiger partial charge in [0.15, 0.2) is 0 Å². The quantitative estimate of drug-likeness (QED) is 0.852. The second-order valence-electron chi connectivity index (χ2n) is 7.08. The standard InChI is InChI=1S/C19H29NO3/c1-14(2)13-23-17-9-7-16(8-10-17)20-18(21)19(22-4)11-5-6-15(3)12-19/h7-10,14-15H,5-6,11-13H2,1-4H3,(H,20,21)/t15-,19-/m1/s1. The van der Waals surface area contributed by atoms with Crippen LogP contribution >= 0.6 is 0 Å². The molecule has 1 saturated carbocycles. The van der Waals surface area contributed by atoms with Crippen molar-refractivity contribution in [3.05, 3.63) is 24.3 Å². The summed E-state index contributed by atoms with van der Waals surface area (Å²) in [4.78, 5) is 12.7. The molecule has 0 aliphatic heterocycles. The van der Waals surface area contributed by atoms with Gasteiger partial charge in [-0.1, -0.05) is 27.2 Å². The zero-order valence-electron chi connectivity index (χ0n) is 14.7. The van der Waals surface area contributed by atoms with E-state index in [1.807, 2.05) is 24.3 Å². The number of hydrogen-bond acceptors (Lipinski definition) is 3. The Kier molecular flexibility index (Phi) is 6.05. The fourth-order valence-corrected chi connectivity index (χ4v) is 3.13. The highest BCUT2D eigenvalue weighted by Crippen LogP contribution is 2.35. The van der Waals surface area contributed by atoms with Crippen LogP contribution in [0.5, 0.6) is 5.75 Å². The summed E-state index contributed by atoms with van der Waals surface area (Å²) in [7, 11) is 1.64. The van der Waals surface area contributed by atoms with Gasteiger partial charge in [0.2, 0.25) is 0 Å². The molecule has 2 rings (SSSR count). The first-order valence-corrected chi connectivity index (χ1v) is 8.54. The predicted molar refractivity (Wildman–Crippen MR) is 92.8 cm³/mol. The molecule has 0 bridgehead atoms. The van der Waals surface area contributed by atoms with Gasteiger partial charge in [-0.25, -0.2) is 0 Å². The summed E-state index contributed by atoms with van der Waals surface area (Å²) < 4.78 is 11.3. The Balaban J connectivity index is 1.98. The van der Waals surface area contributed by atoms with Crippen LogP contribution in [0.15, 0.2) is 24.3 Å². The molecule has 128 valence electrons. The van der Waals surface area contributed by atoms with Crippen molar-refractivity contribution in [2.45, 2.75) is 52.1 Å². The van der Waals surface area contributed by atoms with Gasteiger partial charge in [0.05, 0.1) is 6.61 Å². The maximum atomic E-state index is 12.7. The Bertz CT molecular complexity index is 512. The number of nitrogens with one attached hydrogen (secondary N) is 1. The smallest absolute Gasteiger partial charge is 0.256 e. The van der Waals surface area contributed by atoms with E-state index in [0.717, 1.165) is 30.7 Å². The summed E-state index contributed by atoms with van der Waals surface area (Å²) >= 11 is 0. The van der Waals surface area contributed by atoms with Gasteiger partial charge in [0.1, 0.15) is 11.4 Å². The molecule has 0 unspecified atom stereocenters. The summed E-state index contributed by atoms with van der Waals surface area (Å²) in [6, 6.07) is 7.54. The largest absolute Gasteiger partial charge is 0.493 e. The lowest BCUT2D eigenvalue weighted by atomic mass is 9.78. The fourth-order valence-electron chi connectivity index (χ4n) is 3.13. The number of ether oxygens (including phenoxy) is 2. The minimum Gasteiger partial charge on any atom is -0.493 e. The van der Waals surface area contributed by atoms with Crippen LogP contribution in [0.4, 0.5) is 5.69 Å². The van der Waals surface area contributed by atoms with Crippen LogP contribution in [0.25, 0.3) is 0 Å². The molecule has 4 heteroatoms. The average molecular weight is 319 g/mol. The van der Waals surface area contributed by atoms with Crippen molar-refractivity contribution in [2.75, 3.05) is 19.0 Å². The number of methoxy groups -OCH3 is 1. The maximum Gasteiger partial charge on any atom is 0.256 e. The second-order valence-corrected chi connectivity index (χ2v) is 7.08. The third-order valence-electron chi connectivity index (χ3n) is 4.46. The second kappa shape index (κ2) is 7.82. The van der Waals surface area contributed by atoms with Gasteiger partial charge in [-0.3, -0.25) is 4.79 Å². The molecule has 1 fully saturated rings. The third-order valence-corrected chi connectivity index (χ3v) is 4.46. The van der Waals surface area contributed by atoms with Gasteiger partial charge in [-0.2, -0.15) is 0 Å². The minimum absolute atomic E-state index is 0.0394. The maximum absolute atomic E-state index is 12.7. The number of benzene rings is 1. The van der Waals surface area contributed by atoms with Crippen LogP contribution in [0, 0.1) is 11.8 Å². The molecule has 1 aromatic carbocycles. The molecular weight excluding hydrogens is 290 g/mol. The van der Waals surface area contributed by atoms with E-state index in [-0.39, 0.29) is 5.91 Å². The molecule has 23 heavy (non-hydrogen) atoms. The molecule has 0 heterocycles. The van der Waals surface area contributed by atoms with Gasteiger partial charge in [0, 0.05) is 12.8 Å². The van der Waals surface area contributed by atoms with E-state index < -0.39 is 5.60 Å². The number of amides is 1. The van der Waals surface area contributed by atoms with E-state index in [4.69, 9.17) is 9.47 Å². The Morgan fingerprint density at radius 3 is 2.61 bits per heavy atom. The highest BCUT2D eigenvalue weighted by Gasteiger charge is 2.41. The Morgan fingerprint density at radius 2 is 2.04 bits per heavy atom. The van der Waals surface area contributed by atoms with Gasteiger partial charge in [-0.05, 0) is 55.4 Å². The Labute approximate surface area is 139 Å². The van der Waals surface area contributed by atoms with Crippen LogP contribution in [0.2, 0.25) is 0 Å². The number of carbonyl (C=O) groups is 1. The molecule has 0 radical (unpaired) electrons. The van der Waals surface area contributed by atoms with Crippen LogP contribution in [0.1, 0.15) is 46.5 Å². The van der Waals surface area contributed by atoms with Gasteiger partial charge in [-0.15, -0.1) is 0 Å². The van der Waals surface area contributed by atoms with E-state index in [1.165, 1.54) is 6.42 Å². The molecule has 0 aromatic heterocycles. The lowest BCUT2D eigenvalue weighted by molar-refractivity contribution is -0.143. The Morgan fingerprint density at radius 1 is 1.35 bits per heavy atom. The van der Waals surface area contributed by atoms with E-state index in [2.05, 4.69) is 26.1 Å². The zero-order valence-corrected chi connectivity index (χ0v) is 14.7. The van der Waals surface area contributed by atoms with Crippen LogP contribution in [0.3, 0.4) is 0 Å². The molecule has 1 aromatic rings.